The van der Waals surface area contributed by atoms with Crippen molar-refractivity contribution in [1.82, 2.24) is 9.97 Å². The summed E-state index contributed by atoms with van der Waals surface area (Å²) in [4.78, 5) is 8.28. The van der Waals surface area contributed by atoms with Gasteiger partial charge in [0.1, 0.15) is 6.10 Å². The maximum absolute atomic E-state index is 10.1. The van der Waals surface area contributed by atoms with E-state index in [0.29, 0.717) is 0 Å². The second-order valence-corrected chi connectivity index (χ2v) is 3.87. The molecule has 2 rings (SSSR count). The number of hydrogen-bond acceptors (Lipinski definition) is 3. The average molecular weight is 214 g/mol. The summed E-state index contributed by atoms with van der Waals surface area (Å²) in [5, 5.41) is 10.1. The molecular weight excluding hydrogens is 200 g/mol. The molecule has 0 radical (unpaired) electrons. The van der Waals surface area contributed by atoms with E-state index in [1.807, 2.05) is 38.1 Å². The topological polar surface area (TPSA) is 46.0 Å². The largest absolute Gasteiger partial charge is 0.384 e. The molecule has 0 saturated heterocycles. The van der Waals surface area contributed by atoms with Crippen molar-refractivity contribution in [2.45, 2.75) is 20.0 Å². The molecule has 0 bridgehead atoms. The van der Waals surface area contributed by atoms with Gasteiger partial charge in [-0.15, -0.1) is 0 Å². The standard InChI is InChI=1S/C13H14N2O/c1-9-3-4-12(8-15-9)13(16)11-5-6-14-10(2)7-11/h3-8,13,16H,1-2H3. The Morgan fingerprint density at radius 3 is 2.44 bits per heavy atom. The molecule has 0 aliphatic carbocycles. The quantitative estimate of drug-likeness (QED) is 0.833. The molecule has 0 aromatic carbocycles. The molecule has 0 saturated carbocycles. The van der Waals surface area contributed by atoms with Crippen molar-refractivity contribution in [1.29, 1.82) is 0 Å². The van der Waals surface area contributed by atoms with Gasteiger partial charge < -0.3 is 5.11 Å². The van der Waals surface area contributed by atoms with Gasteiger partial charge in [0.05, 0.1) is 0 Å². The monoisotopic (exact) mass is 214 g/mol. The first-order valence-corrected chi connectivity index (χ1v) is 5.20. The maximum Gasteiger partial charge on any atom is 0.106 e. The van der Waals surface area contributed by atoms with Crippen molar-refractivity contribution in [3.8, 4) is 0 Å². The number of aryl methyl sites for hydroxylation is 2. The highest BCUT2D eigenvalue weighted by atomic mass is 16.3. The fraction of sp³-hybridized carbons (Fsp3) is 0.231. The van der Waals surface area contributed by atoms with Crippen molar-refractivity contribution in [3.63, 3.8) is 0 Å². The van der Waals surface area contributed by atoms with Crippen LogP contribution in [0.15, 0.2) is 36.7 Å². The van der Waals surface area contributed by atoms with E-state index in [0.717, 1.165) is 22.5 Å². The fourth-order valence-electron chi connectivity index (χ4n) is 1.57. The van der Waals surface area contributed by atoms with Gasteiger partial charge in [-0.1, -0.05) is 6.07 Å². The van der Waals surface area contributed by atoms with Gasteiger partial charge in [-0.05, 0) is 37.6 Å². The minimum atomic E-state index is -0.630. The molecule has 1 atom stereocenters. The first-order valence-electron chi connectivity index (χ1n) is 5.20. The Balaban J connectivity index is 2.31. The van der Waals surface area contributed by atoms with E-state index in [-0.39, 0.29) is 0 Å². The third kappa shape index (κ3) is 2.25. The van der Waals surface area contributed by atoms with Gasteiger partial charge in [0.15, 0.2) is 0 Å². The summed E-state index contributed by atoms with van der Waals surface area (Å²) in [7, 11) is 0. The van der Waals surface area contributed by atoms with Gasteiger partial charge in [0.25, 0.3) is 0 Å². The molecule has 0 aliphatic rings. The van der Waals surface area contributed by atoms with E-state index in [2.05, 4.69) is 9.97 Å². The summed E-state index contributed by atoms with van der Waals surface area (Å²) in [5.74, 6) is 0. The zero-order valence-corrected chi connectivity index (χ0v) is 9.38. The summed E-state index contributed by atoms with van der Waals surface area (Å²) >= 11 is 0. The molecule has 2 aromatic rings. The Kier molecular flexibility index (Phi) is 2.97. The predicted octanol–water partition coefficient (Wildman–Crippen LogP) is 2.18. The van der Waals surface area contributed by atoms with Crippen LogP contribution in [0.1, 0.15) is 28.6 Å². The third-order valence-electron chi connectivity index (χ3n) is 2.49. The van der Waals surface area contributed by atoms with Crippen molar-refractivity contribution in [2.24, 2.45) is 0 Å². The van der Waals surface area contributed by atoms with Crippen molar-refractivity contribution in [2.75, 3.05) is 0 Å². The van der Waals surface area contributed by atoms with Crippen LogP contribution < -0.4 is 0 Å². The van der Waals surface area contributed by atoms with Crippen LogP contribution in [0.2, 0.25) is 0 Å². The molecule has 2 aromatic heterocycles. The number of nitrogens with zero attached hydrogens (tertiary/aromatic N) is 2. The first kappa shape index (κ1) is 10.8. The van der Waals surface area contributed by atoms with Crippen LogP contribution >= 0.6 is 0 Å². The van der Waals surface area contributed by atoms with Gasteiger partial charge in [-0.2, -0.15) is 0 Å². The summed E-state index contributed by atoms with van der Waals surface area (Å²) < 4.78 is 0. The normalized spacial score (nSPS) is 12.4. The molecule has 0 aliphatic heterocycles. The van der Waals surface area contributed by atoms with Crippen LogP contribution in [0, 0.1) is 13.8 Å². The second kappa shape index (κ2) is 4.41. The molecular formula is C13H14N2O. The van der Waals surface area contributed by atoms with E-state index in [1.54, 1.807) is 12.4 Å². The van der Waals surface area contributed by atoms with Crippen LogP contribution in [0.25, 0.3) is 0 Å². The Bertz CT molecular complexity index is 480. The predicted molar refractivity (Wildman–Crippen MR) is 62.0 cm³/mol. The third-order valence-corrected chi connectivity index (χ3v) is 2.49. The van der Waals surface area contributed by atoms with Gasteiger partial charge in [-0.25, -0.2) is 0 Å². The lowest BCUT2D eigenvalue weighted by molar-refractivity contribution is 0.219. The van der Waals surface area contributed by atoms with Gasteiger partial charge in [0, 0.05) is 29.3 Å². The highest BCUT2D eigenvalue weighted by Crippen LogP contribution is 2.21. The van der Waals surface area contributed by atoms with Gasteiger partial charge in [0.2, 0.25) is 0 Å². The minimum Gasteiger partial charge on any atom is -0.384 e. The summed E-state index contributed by atoms with van der Waals surface area (Å²) in [6.45, 7) is 3.83. The highest BCUT2D eigenvalue weighted by molar-refractivity contribution is 5.28. The highest BCUT2D eigenvalue weighted by Gasteiger charge is 2.10. The lowest BCUT2D eigenvalue weighted by Gasteiger charge is -2.11. The Labute approximate surface area is 94.8 Å². The molecule has 0 amide bonds. The molecule has 0 fully saturated rings. The molecule has 82 valence electrons. The van der Waals surface area contributed by atoms with Crippen LogP contribution in [-0.4, -0.2) is 15.1 Å². The number of pyridine rings is 2. The SMILES string of the molecule is Cc1ccc(C(O)c2ccnc(C)c2)cn1. The van der Waals surface area contributed by atoms with E-state index in [9.17, 15) is 5.11 Å². The van der Waals surface area contributed by atoms with Crippen molar-refractivity contribution < 1.29 is 5.11 Å². The lowest BCUT2D eigenvalue weighted by atomic mass is 10.0. The molecule has 3 nitrogen and oxygen atoms in total. The number of aromatic nitrogens is 2. The van der Waals surface area contributed by atoms with E-state index in [4.69, 9.17) is 0 Å². The van der Waals surface area contributed by atoms with Gasteiger partial charge >= 0.3 is 0 Å². The molecule has 1 unspecified atom stereocenters. The van der Waals surface area contributed by atoms with Crippen LogP contribution in [0.3, 0.4) is 0 Å². The number of hydrogen-bond donors (Lipinski definition) is 1. The molecule has 16 heavy (non-hydrogen) atoms. The summed E-state index contributed by atoms with van der Waals surface area (Å²) in [6.07, 6.45) is 2.78. The first-order chi connectivity index (χ1) is 7.66. The number of aliphatic hydroxyl groups is 1. The maximum atomic E-state index is 10.1. The summed E-state index contributed by atoms with van der Waals surface area (Å²) in [6, 6.07) is 7.48. The average Bonchev–Trinajstić information content (AvgIpc) is 2.29. The van der Waals surface area contributed by atoms with E-state index < -0.39 is 6.10 Å². The van der Waals surface area contributed by atoms with Gasteiger partial charge in [-0.3, -0.25) is 9.97 Å². The molecule has 1 N–H and O–H groups in total. The number of aliphatic hydroxyl groups excluding tert-OH is 1. The zero-order valence-electron chi connectivity index (χ0n) is 9.38. The van der Waals surface area contributed by atoms with Crippen molar-refractivity contribution >= 4 is 0 Å². The van der Waals surface area contributed by atoms with Crippen LogP contribution in [-0.2, 0) is 0 Å². The van der Waals surface area contributed by atoms with E-state index in [1.165, 1.54) is 0 Å². The molecule has 3 heteroatoms. The Morgan fingerprint density at radius 1 is 1.00 bits per heavy atom. The molecule has 0 spiro atoms. The minimum absolute atomic E-state index is 0.630. The smallest absolute Gasteiger partial charge is 0.106 e. The lowest BCUT2D eigenvalue weighted by Crippen LogP contribution is -2.01. The second-order valence-electron chi connectivity index (χ2n) is 3.87. The number of rotatable bonds is 2. The Hall–Kier alpha value is -1.74. The molecule has 2 heterocycles. The van der Waals surface area contributed by atoms with Crippen LogP contribution in [0.4, 0.5) is 0 Å². The Morgan fingerprint density at radius 2 is 1.81 bits per heavy atom. The van der Waals surface area contributed by atoms with E-state index >= 15 is 0 Å². The zero-order chi connectivity index (χ0) is 11.5. The summed E-state index contributed by atoms with van der Waals surface area (Å²) in [5.41, 5.74) is 3.49. The fourth-order valence-corrected chi connectivity index (χ4v) is 1.57. The van der Waals surface area contributed by atoms with Crippen LogP contribution in [0.5, 0.6) is 0 Å². The van der Waals surface area contributed by atoms with Crippen molar-refractivity contribution in [3.05, 3.63) is 59.2 Å².